The predicted molar refractivity (Wildman–Crippen MR) is 80.4 cm³/mol. The van der Waals surface area contributed by atoms with Gasteiger partial charge >= 0.3 is 0 Å². The van der Waals surface area contributed by atoms with Crippen molar-refractivity contribution in [2.24, 2.45) is 11.7 Å². The van der Waals surface area contributed by atoms with Crippen LogP contribution in [-0.4, -0.2) is 19.1 Å². The van der Waals surface area contributed by atoms with Crippen LogP contribution in [0.1, 0.15) is 37.7 Å². The maximum absolute atomic E-state index is 11.8. The maximum Gasteiger partial charge on any atom is 0.224 e. The van der Waals surface area contributed by atoms with Gasteiger partial charge in [0.2, 0.25) is 5.91 Å². The molecule has 3 N–H and O–H groups in total. The summed E-state index contributed by atoms with van der Waals surface area (Å²) in [6.45, 7) is 1.99. The normalized spacial score (nSPS) is 14.2. The number of hydrogen-bond acceptors (Lipinski definition) is 3. The summed E-state index contributed by atoms with van der Waals surface area (Å²) in [6.07, 6.45) is 5.18. The van der Waals surface area contributed by atoms with Gasteiger partial charge in [0.05, 0.1) is 0 Å². The molecule has 1 aromatic rings. The topological polar surface area (TPSA) is 64.3 Å². The first kappa shape index (κ1) is 15.0. The van der Waals surface area contributed by atoms with Gasteiger partial charge in [-0.2, -0.15) is 0 Å². The monoisotopic (exact) mass is 276 g/mol. The number of carbonyl (C=O) groups excluding carboxylic acids is 1. The molecule has 0 aliphatic heterocycles. The first-order chi connectivity index (χ1) is 9.78. The van der Waals surface area contributed by atoms with Crippen molar-refractivity contribution in [1.29, 1.82) is 0 Å². The molecule has 0 saturated heterocycles. The van der Waals surface area contributed by atoms with E-state index in [0.717, 1.165) is 30.2 Å². The molecule has 4 nitrogen and oxygen atoms in total. The van der Waals surface area contributed by atoms with Gasteiger partial charge in [-0.3, -0.25) is 4.79 Å². The Bertz CT molecular complexity index is 430. The van der Waals surface area contributed by atoms with E-state index in [-0.39, 0.29) is 5.91 Å². The van der Waals surface area contributed by atoms with Crippen LogP contribution in [0.15, 0.2) is 24.3 Å². The van der Waals surface area contributed by atoms with Gasteiger partial charge in [0, 0.05) is 31.9 Å². The van der Waals surface area contributed by atoms with Crippen molar-refractivity contribution >= 4 is 11.6 Å². The van der Waals surface area contributed by atoms with Crippen molar-refractivity contribution in [3.05, 3.63) is 29.8 Å². The summed E-state index contributed by atoms with van der Waals surface area (Å²) in [5.41, 5.74) is 7.40. The van der Waals surface area contributed by atoms with Gasteiger partial charge in [-0.05, 0) is 36.5 Å². The third-order valence-electron chi connectivity index (χ3n) is 3.51. The van der Waals surface area contributed by atoms with Crippen molar-refractivity contribution in [3.63, 3.8) is 0 Å². The minimum absolute atomic E-state index is 0.0324. The summed E-state index contributed by atoms with van der Waals surface area (Å²) in [6, 6.07) is 7.63. The highest BCUT2D eigenvalue weighted by Crippen LogP contribution is 2.32. The molecular weight excluding hydrogens is 252 g/mol. The molecule has 110 valence electrons. The summed E-state index contributed by atoms with van der Waals surface area (Å²) in [5, 5.41) is 2.89. The molecule has 2 rings (SSSR count). The number of nitrogens with one attached hydrogen (secondary N) is 1. The predicted octanol–water partition coefficient (Wildman–Crippen LogP) is 2.68. The lowest BCUT2D eigenvalue weighted by Gasteiger charge is -2.07. The molecule has 1 fully saturated rings. The zero-order valence-electron chi connectivity index (χ0n) is 11.9. The molecule has 0 heterocycles. The third-order valence-corrected chi connectivity index (χ3v) is 3.51. The van der Waals surface area contributed by atoms with E-state index in [4.69, 9.17) is 10.5 Å². The smallest absolute Gasteiger partial charge is 0.224 e. The van der Waals surface area contributed by atoms with Gasteiger partial charge in [-0.1, -0.05) is 25.0 Å². The first-order valence-corrected chi connectivity index (χ1v) is 7.44. The van der Waals surface area contributed by atoms with Crippen molar-refractivity contribution < 1.29 is 9.53 Å². The van der Waals surface area contributed by atoms with E-state index in [2.05, 4.69) is 5.32 Å². The van der Waals surface area contributed by atoms with E-state index in [1.165, 1.54) is 19.3 Å². The zero-order chi connectivity index (χ0) is 14.2. The lowest BCUT2D eigenvalue weighted by Crippen LogP contribution is -2.12. The minimum Gasteiger partial charge on any atom is -0.381 e. The Labute approximate surface area is 120 Å². The molecule has 1 aliphatic carbocycles. The molecule has 0 unspecified atom stereocenters. The molecule has 1 aromatic carbocycles. The molecule has 20 heavy (non-hydrogen) atoms. The molecule has 1 aliphatic rings. The number of rotatable bonds is 9. The van der Waals surface area contributed by atoms with Crippen LogP contribution in [0.25, 0.3) is 0 Å². The molecule has 1 saturated carbocycles. The van der Waals surface area contributed by atoms with Gasteiger partial charge in [0.25, 0.3) is 0 Å². The summed E-state index contributed by atoms with van der Waals surface area (Å²) in [7, 11) is 0. The fourth-order valence-electron chi connectivity index (χ4n) is 2.09. The fraction of sp³-hybridized carbons (Fsp3) is 0.562. The quantitative estimate of drug-likeness (QED) is 0.682. The van der Waals surface area contributed by atoms with Crippen LogP contribution in [0.3, 0.4) is 0 Å². The second-order valence-electron chi connectivity index (χ2n) is 5.40. The molecule has 1 amide bonds. The van der Waals surface area contributed by atoms with Gasteiger partial charge in [0.1, 0.15) is 0 Å². The van der Waals surface area contributed by atoms with E-state index in [1.54, 1.807) is 0 Å². The lowest BCUT2D eigenvalue weighted by molar-refractivity contribution is -0.116. The van der Waals surface area contributed by atoms with E-state index < -0.39 is 0 Å². The van der Waals surface area contributed by atoms with Crippen molar-refractivity contribution in [3.8, 4) is 0 Å². The summed E-state index contributed by atoms with van der Waals surface area (Å²) in [5.74, 6) is 0.943. The number of benzene rings is 1. The van der Waals surface area contributed by atoms with Crippen LogP contribution in [0.4, 0.5) is 5.69 Å². The number of amides is 1. The molecule has 0 radical (unpaired) electrons. The molecule has 0 atom stereocenters. The lowest BCUT2D eigenvalue weighted by atomic mass is 10.2. The number of ether oxygens (including phenoxy) is 1. The molecular formula is C16H24N2O2. The van der Waals surface area contributed by atoms with Crippen LogP contribution >= 0.6 is 0 Å². The Morgan fingerprint density at radius 1 is 1.35 bits per heavy atom. The largest absolute Gasteiger partial charge is 0.381 e. The van der Waals surface area contributed by atoms with E-state index in [1.807, 2.05) is 24.3 Å². The summed E-state index contributed by atoms with van der Waals surface area (Å²) in [4.78, 5) is 11.8. The van der Waals surface area contributed by atoms with Gasteiger partial charge < -0.3 is 15.8 Å². The van der Waals surface area contributed by atoms with Gasteiger partial charge in [0.15, 0.2) is 0 Å². The third kappa shape index (κ3) is 5.72. The average molecular weight is 276 g/mol. The SMILES string of the molecule is NCc1cccc(NC(=O)CCCOCCC2CC2)c1. The minimum atomic E-state index is 0.0324. The number of nitrogens with two attached hydrogens (primary N) is 1. The highest BCUT2D eigenvalue weighted by molar-refractivity contribution is 5.90. The molecule has 0 bridgehead atoms. The molecule has 0 aromatic heterocycles. The molecule has 0 spiro atoms. The van der Waals surface area contributed by atoms with Crippen LogP contribution < -0.4 is 11.1 Å². The average Bonchev–Trinajstić information content (AvgIpc) is 3.27. The zero-order valence-corrected chi connectivity index (χ0v) is 11.9. The maximum atomic E-state index is 11.8. The summed E-state index contributed by atoms with van der Waals surface area (Å²) < 4.78 is 5.53. The van der Waals surface area contributed by atoms with E-state index in [0.29, 0.717) is 19.6 Å². The van der Waals surface area contributed by atoms with Crippen molar-refractivity contribution in [2.75, 3.05) is 18.5 Å². The summed E-state index contributed by atoms with van der Waals surface area (Å²) >= 11 is 0. The highest BCUT2D eigenvalue weighted by Gasteiger charge is 2.20. The number of anilines is 1. The standard InChI is InChI=1S/C16H24N2O2/c17-12-14-3-1-4-15(11-14)18-16(19)5-2-9-20-10-8-13-6-7-13/h1,3-4,11,13H,2,5-10,12,17H2,(H,18,19). The molecule has 4 heteroatoms. The van der Waals surface area contributed by atoms with Crippen LogP contribution in [-0.2, 0) is 16.1 Å². The van der Waals surface area contributed by atoms with Crippen LogP contribution in [0.5, 0.6) is 0 Å². The Morgan fingerprint density at radius 2 is 2.20 bits per heavy atom. The van der Waals surface area contributed by atoms with Crippen LogP contribution in [0, 0.1) is 5.92 Å². The Morgan fingerprint density at radius 3 is 2.95 bits per heavy atom. The van der Waals surface area contributed by atoms with Crippen molar-refractivity contribution in [2.45, 2.75) is 38.6 Å². The van der Waals surface area contributed by atoms with Gasteiger partial charge in [-0.25, -0.2) is 0 Å². The number of hydrogen-bond donors (Lipinski definition) is 2. The van der Waals surface area contributed by atoms with E-state index >= 15 is 0 Å². The van der Waals surface area contributed by atoms with Crippen LogP contribution in [0.2, 0.25) is 0 Å². The second-order valence-corrected chi connectivity index (χ2v) is 5.40. The number of carbonyl (C=O) groups is 1. The second kappa shape index (κ2) is 8.02. The van der Waals surface area contributed by atoms with Crippen molar-refractivity contribution in [1.82, 2.24) is 0 Å². The first-order valence-electron chi connectivity index (χ1n) is 7.44. The fourth-order valence-corrected chi connectivity index (χ4v) is 2.09. The van der Waals surface area contributed by atoms with Gasteiger partial charge in [-0.15, -0.1) is 0 Å². The Hall–Kier alpha value is -1.39. The Kier molecular flexibility index (Phi) is 6.02. The Balaban J connectivity index is 1.56. The van der Waals surface area contributed by atoms with E-state index in [9.17, 15) is 4.79 Å². The highest BCUT2D eigenvalue weighted by atomic mass is 16.5.